The fraction of sp³-hybridized carbons (Fsp3) is 0.100. The van der Waals surface area contributed by atoms with Crippen molar-refractivity contribution in [2.45, 2.75) is 19.1 Å². The second-order valence-corrected chi connectivity index (χ2v) is 8.79. The molecule has 0 saturated carbocycles. The van der Waals surface area contributed by atoms with Gasteiger partial charge in [0.05, 0.1) is 12.2 Å². The van der Waals surface area contributed by atoms with Crippen molar-refractivity contribution in [2.24, 2.45) is 0 Å². The van der Waals surface area contributed by atoms with Crippen molar-refractivity contribution >= 4 is 33.1 Å². The monoisotopic (exact) mass is 429 g/mol. The van der Waals surface area contributed by atoms with E-state index in [4.69, 9.17) is 0 Å². The highest BCUT2D eigenvalue weighted by atomic mass is 16.3. The minimum atomic E-state index is -1.71. The second-order valence-electron chi connectivity index (χ2n) is 8.79. The van der Waals surface area contributed by atoms with E-state index in [1.807, 2.05) is 79.7 Å². The molecule has 33 heavy (non-hydrogen) atoms. The van der Waals surface area contributed by atoms with E-state index in [0.29, 0.717) is 17.7 Å². The molecule has 1 aliphatic rings. The van der Waals surface area contributed by atoms with E-state index >= 15 is 0 Å². The molecule has 0 bridgehead atoms. The molecular formula is C30H23NO2. The highest BCUT2D eigenvalue weighted by molar-refractivity contribution is 6.10. The number of nitrogens with zero attached hydrogens (tertiary/aromatic N) is 1. The molecule has 0 saturated heterocycles. The van der Waals surface area contributed by atoms with E-state index in [2.05, 4.69) is 30.3 Å². The molecule has 0 unspecified atom stereocenters. The van der Waals surface area contributed by atoms with Gasteiger partial charge in [-0.25, -0.2) is 0 Å². The third-order valence-corrected chi connectivity index (χ3v) is 6.78. The van der Waals surface area contributed by atoms with Crippen LogP contribution in [0.1, 0.15) is 22.3 Å². The standard InChI is InChI=1S/C30H23NO2/c1-20-15-16-28-27(17-20)30(33,23-11-3-2-4-12-23)29(32)31(28)19-26-24-13-7-5-9-21(24)18-22-10-6-8-14-25(22)26/h2-18,33H,19H2,1H3/t30-/m1/s1. The highest BCUT2D eigenvalue weighted by Gasteiger charge is 2.51. The Hall–Kier alpha value is -3.95. The van der Waals surface area contributed by atoms with Crippen LogP contribution in [0.25, 0.3) is 21.5 Å². The Morgan fingerprint density at radius 1 is 0.758 bits per heavy atom. The molecule has 1 aliphatic heterocycles. The van der Waals surface area contributed by atoms with E-state index in [1.165, 1.54) is 0 Å². The summed E-state index contributed by atoms with van der Waals surface area (Å²) in [7, 11) is 0. The molecule has 0 aliphatic carbocycles. The summed E-state index contributed by atoms with van der Waals surface area (Å²) in [6.07, 6.45) is 0. The van der Waals surface area contributed by atoms with Crippen molar-refractivity contribution in [1.29, 1.82) is 0 Å². The molecule has 1 atom stereocenters. The lowest BCUT2D eigenvalue weighted by Gasteiger charge is -2.24. The van der Waals surface area contributed by atoms with Gasteiger partial charge in [0.25, 0.3) is 5.91 Å². The van der Waals surface area contributed by atoms with Crippen molar-refractivity contribution < 1.29 is 9.90 Å². The molecule has 1 amide bonds. The quantitative estimate of drug-likeness (QED) is 0.353. The molecule has 3 nitrogen and oxygen atoms in total. The lowest BCUT2D eigenvalue weighted by molar-refractivity contribution is -0.132. The van der Waals surface area contributed by atoms with Gasteiger partial charge in [-0.15, -0.1) is 0 Å². The number of aryl methyl sites for hydroxylation is 1. The van der Waals surface area contributed by atoms with Gasteiger partial charge in [0.2, 0.25) is 0 Å². The van der Waals surface area contributed by atoms with E-state index in [1.54, 1.807) is 4.90 Å². The molecule has 1 N–H and O–H groups in total. The highest BCUT2D eigenvalue weighted by Crippen LogP contribution is 2.46. The van der Waals surface area contributed by atoms with Crippen LogP contribution in [-0.4, -0.2) is 11.0 Å². The summed E-state index contributed by atoms with van der Waals surface area (Å²) in [5, 5.41) is 16.4. The molecule has 0 fully saturated rings. The molecular weight excluding hydrogens is 406 g/mol. The van der Waals surface area contributed by atoms with Crippen molar-refractivity contribution in [3.05, 3.63) is 125 Å². The molecule has 5 aromatic carbocycles. The smallest absolute Gasteiger partial charge is 0.268 e. The Labute approximate surface area is 192 Å². The predicted molar refractivity (Wildman–Crippen MR) is 133 cm³/mol. The van der Waals surface area contributed by atoms with Gasteiger partial charge in [-0.1, -0.05) is 96.6 Å². The summed E-state index contributed by atoms with van der Waals surface area (Å²) >= 11 is 0. The van der Waals surface area contributed by atoms with Gasteiger partial charge in [0.15, 0.2) is 5.60 Å². The number of hydrogen-bond acceptors (Lipinski definition) is 2. The number of rotatable bonds is 3. The van der Waals surface area contributed by atoms with Crippen LogP contribution >= 0.6 is 0 Å². The fourth-order valence-electron chi connectivity index (χ4n) is 5.15. The maximum atomic E-state index is 13.9. The molecule has 0 spiro atoms. The number of amides is 1. The van der Waals surface area contributed by atoms with Gasteiger partial charge in [-0.05, 0) is 51.7 Å². The van der Waals surface area contributed by atoms with Crippen LogP contribution in [-0.2, 0) is 16.9 Å². The summed E-state index contributed by atoms with van der Waals surface area (Å²) in [6, 6.07) is 33.9. The fourth-order valence-corrected chi connectivity index (χ4v) is 5.15. The lowest BCUT2D eigenvalue weighted by atomic mass is 9.87. The number of anilines is 1. The van der Waals surface area contributed by atoms with Gasteiger partial charge in [-0.3, -0.25) is 4.79 Å². The Kier molecular flexibility index (Phi) is 4.36. The number of hydrogen-bond donors (Lipinski definition) is 1. The number of carbonyl (C=O) groups excluding carboxylic acids is 1. The summed E-state index contributed by atoms with van der Waals surface area (Å²) in [5.41, 5.74) is 2.38. The zero-order valence-corrected chi connectivity index (χ0v) is 18.3. The largest absolute Gasteiger partial charge is 0.372 e. The maximum absolute atomic E-state index is 13.9. The molecule has 1 heterocycles. The number of carbonyl (C=O) groups is 1. The predicted octanol–water partition coefficient (Wildman–Crippen LogP) is 6.08. The molecule has 5 aromatic rings. The van der Waals surface area contributed by atoms with Crippen LogP contribution in [0.4, 0.5) is 5.69 Å². The van der Waals surface area contributed by atoms with Crippen LogP contribution < -0.4 is 4.90 Å². The molecule has 0 radical (unpaired) electrons. The third kappa shape index (κ3) is 2.90. The summed E-state index contributed by atoms with van der Waals surface area (Å²) in [6.45, 7) is 2.36. The molecule has 3 heteroatoms. The Morgan fingerprint density at radius 3 is 2.03 bits per heavy atom. The normalized spacial score (nSPS) is 17.6. The average Bonchev–Trinajstić information content (AvgIpc) is 3.06. The molecule has 0 aromatic heterocycles. The first-order valence-electron chi connectivity index (χ1n) is 11.2. The summed E-state index contributed by atoms with van der Waals surface area (Å²) in [4.78, 5) is 15.7. The Bertz CT molecular complexity index is 1490. The lowest BCUT2D eigenvalue weighted by Crippen LogP contribution is -2.40. The minimum absolute atomic E-state index is 0.314. The van der Waals surface area contributed by atoms with E-state index < -0.39 is 5.60 Å². The molecule has 160 valence electrons. The Balaban J connectivity index is 1.57. The zero-order chi connectivity index (χ0) is 22.6. The minimum Gasteiger partial charge on any atom is -0.372 e. The van der Waals surface area contributed by atoms with Crippen LogP contribution in [0, 0.1) is 6.92 Å². The number of fused-ring (bicyclic) bond motifs is 3. The SMILES string of the molecule is Cc1ccc2c(c1)[C@](O)(c1ccccc1)C(=O)N2Cc1c2ccccc2cc2ccccc12. The van der Waals surface area contributed by atoms with Crippen molar-refractivity contribution in [2.75, 3.05) is 4.90 Å². The molecule has 6 rings (SSSR count). The van der Waals surface area contributed by atoms with Crippen molar-refractivity contribution in [1.82, 2.24) is 0 Å². The van der Waals surface area contributed by atoms with Crippen LogP contribution in [0.15, 0.2) is 103 Å². The first-order chi connectivity index (χ1) is 16.1. The average molecular weight is 430 g/mol. The van der Waals surface area contributed by atoms with Gasteiger partial charge in [-0.2, -0.15) is 0 Å². The maximum Gasteiger partial charge on any atom is 0.268 e. The van der Waals surface area contributed by atoms with Crippen molar-refractivity contribution in [3.63, 3.8) is 0 Å². The first kappa shape index (κ1) is 19.7. The first-order valence-corrected chi connectivity index (χ1v) is 11.2. The van der Waals surface area contributed by atoms with Gasteiger partial charge < -0.3 is 10.0 Å². The number of aliphatic hydroxyl groups is 1. The van der Waals surface area contributed by atoms with Gasteiger partial charge >= 0.3 is 0 Å². The van der Waals surface area contributed by atoms with Crippen LogP contribution in [0.5, 0.6) is 0 Å². The van der Waals surface area contributed by atoms with Gasteiger partial charge in [0, 0.05) is 5.56 Å². The van der Waals surface area contributed by atoms with Gasteiger partial charge in [0.1, 0.15) is 0 Å². The topological polar surface area (TPSA) is 40.5 Å². The van der Waals surface area contributed by atoms with E-state index in [9.17, 15) is 9.90 Å². The van der Waals surface area contributed by atoms with E-state index in [-0.39, 0.29) is 5.91 Å². The summed E-state index contributed by atoms with van der Waals surface area (Å²) in [5.74, 6) is -0.314. The Morgan fingerprint density at radius 2 is 1.36 bits per heavy atom. The number of benzene rings is 5. The third-order valence-electron chi connectivity index (χ3n) is 6.78. The van der Waals surface area contributed by atoms with Crippen LogP contribution in [0.2, 0.25) is 0 Å². The van der Waals surface area contributed by atoms with Crippen LogP contribution in [0.3, 0.4) is 0 Å². The summed E-state index contributed by atoms with van der Waals surface area (Å²) < 4.78 is 0. The zero-order valence-electron chi connectivity index (χ0n) is 18.3. The van der Waals surface area contributed by atoms with E-state index in [0.717, 1.165) is 38.4 Å². The van der Waals surface area contributed by atoms with Crippen molar-refractivity contribution in [3.8, 4) is 0 Å². The second kappa shape index (κ2) is 7.29.